The van der Waals surface area contributed by atoms with Gasteiger partial charge in [0.25, 0.3) is 0 Å². The minimum Gasteiger partial charge on any atom is -0.368 e. The van der Waals surface area contributed by atoms with Gasteiger partial charge in [-0.15, -0.1) is 0 Å². The molecule has 0 aromatic carbocycles. The number of hydrogen-bond acceptors (Lipinski definition) is 2. The van der Waals surface area contributed by atoms with Crippen molar-refractivity contribution in [2.75, 3.05) is 20.1 Å². The summed E-state index contributed by atoms with van der Waals surface area (Å²) < 4.78 is 0. The van der Waals surface area contributed by atoms with Crippen molar-refractivity contribution in [1.29, 1.82) is 0 Å². The van der Waals surface area contributed by atoms with Crippen LogP contribution in [-0.2, 0) is 4.79 Å². The average Bonchev–Trinajstić information content (AvgIpc) is 2.10. The SMILES string of the molecule is CC1CN(C)C(C(N)=O)CC[N]1. The summed E-state index contributed by atoms with van der Waals surface area (Å²) in [4.78, 5) is 13.0. The second-order valence-electron chi connectivity index (χ2n) is 3.40. The summed E-state index contributed by atoms with van der Waals surface area (Å²) in [5.74, 6) is -0.234. The van der Waals surface area contributed by atoms with Crippen molar-refractivity contribution in [3.8, 4) is 0 Å². The lowest BCUT2D eigenvalue weighted by molar-refractivity contribution is -0.122. The molecular formula is C8H16N3O. The van der Waals surface area contributed by atoms with Crippen LogP contribution in [0.4, 0.5) is 0 Å². The highest BCUT2D eigenvalue weighted by molar-refractivity contribution is 5.79. The lowest BCUT2D eigenvalue weighted by Crippen LogP contribution is -2.43. The second kappa shape index (κ2) is 3.87. The molecule has 0 aliphatic carbocycles. The highest BCUT2D eigenvalue weighted by Gasteiger charge is 2.24. The first-order chi connectivity index (χ1) is 5.61. The Hall–Kier alpha value is -0.610. The van der Waals surface area contributed by atoms with Crippen molar-refractivity contribution in [2.24, 2.45) is 5.73 Å². The van der Waals surface area contributed by atoms with Crippen LogP contribution in [0, 0.1) is 0 Å². The lowest BCUT2D eigenvalue weighted by atomic mass is 10.2. The number of nitrogens with zero attached hydrogens (tertiary/aromatic N) is 2. The van der Waals surface area contributed by atoms with Crippen LogP contribution in [-0.4, -0.2) is 43.0 Å². The Morgan fingerprint density at radius 1 is 1.67 bits per heavy atom. The van der Waals surface area contributed by atoms with Gasteiger partial charge in [-0.25, -0.2) is 5.32 Å². The second-order valence-corrected chi connectivity index (χ2v) is 3.40. The molecular weight excluding hydrogens is 154 g/mol. The summed E-state index contributed by atoms with van der Waals surface area (Å²) >= 11 is 0. The molecule has 1 amide bonds. The maximum atomic E-state index is 11.0. The quantitative estimate of drug-likeness (QED) is 0.558. The van der Waals surface area contributed by atoms with Gasteiger partial charge in [0, 0.05) is 19.1 Å². The number of rotatable bonds is 1. The number of amides is 1. The number of likely N-dealkylation sites (N-methyl/N-ethyl adjacent to an activating group) is 1. The molecule has 0 bridgehead atoms. The van der Waals surface area contributed by atoms with E-state index in [0.717, 1.165) is 19.5 Å². The van der Waals surface area contributed by atoms with Crippen molar-refractivity contribution in [1.82, 2.24) is 10.2 Å². The normalized spacial score (nSPS) is 32.8. The van der Waals surface area contributed by atoms with Crippen LogP contribution in [0.25, 0.3) is 0 Å². The van der Waals surface area contributed by atoms with Gasteiger partial charge in [0.15, 0.2) is 0 Å². The topological polar surface area (TPSA) is 60.4 Å². The van der Waals surface area contributed by atoms with Crippen molar-refractivity contribution in [3.05, 3.63) is 0 Å². The number of nitrogens with two attached hydrogens (primary N) is 1. The zero-order valence-electron chi connectivity index (χ0n) is 7.66. The molecule has 4 heteroatoms. The Morgan fingerprint density at radius 3 is 2.92 bits per heavy atom. The molecule has 4 nitrogen and oxygen atoms in total. The Bertz CT molecular complexity index is 172. The molecule has 0 aromatic heterocycles. The molecule has 1 aliphatic heterocycles. The third-order valence-corrected chi connectivity index (χ3v) is 2.26. The van der Waals surface area contributed by atoms with Gasteiger partial charge in [0.1, 0.15) is 0 Å². The summed E-state index contributed by atoms with van der Waals surface area (Å²) in [6, 6.07) is 0.193. The van der Waals surface area contributed by atoms with Gasteiger partial charge in [-0.1, -0.05) is 0 Å². The third kappa shape index (κ3) is 2.19. The van der Waals surface area contributed by atoms with E-state index in [0.29, 0.717) is 6.04 Å². The van der Waals surface area contributed by atoms with E-state index in [1.807, 2.05) is 11.9 Å². The van der Waals surface area contributed by atoms with Crippen molar-refractivity contribution in [2.45, 2.75) is 25.4 Å². The van der Waals surface area contributed by atoms with Crippen LogP contribution < -0.4 is 11.1 Å². The number of carbonyl (C=O) groups excluding carboxylic acids is 1. The maximum absolute atomic E-state index is 11.0. The van der Waals surface area contributed by atoms with Gasteiger partial charge < -0.3 is 5.73 Å². The monoisotopic (exact) mass is 170 g/mol. The van der Waals surface area contributed by atoms with Crippen molar-refractivity contribution in [3.63, 3.8) is 0 Å². The summed E-state index contributed by atoms with van der Waals surface area (Å²) in [6.07, 6.45) is 0.760. The van der Waals surface area contributed by atoms with Crippen LogP contribution in [0.15, 0.2) is 0 Å². The molecule has 1 saturated heterocycles. The highest BCUT2D eigenvalue weighted by atomic mass is 16.1. The van der Waals surface area contributed by atoms with Crippen molar-refractivity contribution < 1.29 is 4.79 Å². The Morgan fingerprint density at radius 2 is 2.33 bits per heavy atom. The van der Waals surface area contributed by atoms with E-state index in [1.54, 1.807) is 0 Å². The fraction of sp³-hybridized carbons (Fsp3) is 0.875. The fourth-order valence-electron chi connectivity index (χ4n) is 1.60. The Kier molecular flexibility index (Phi) is 3.05. The maximum Gasteiger partial charge on any atom is 0.234 e. The van der Waals surface area contributed by atoms with E-state index in [1.165, 1.54) is 0 Å². The molecule has 69 valence electrons. The predicted octanol–water partition coefficient (Wildman–Crippen LogP) is -0.831. The summed E-state index contributed by atoms with van der Waals surface area (Å²) in [7, 11) is 1.92. The molecule has 2 atom stereocenters. The first-order valence-electron chi connectivity index (χ1n) is 4.27. The molecule has 0 spiro atoms. The number of carbonyl (C=O) groups is 1. The zero-order valence-corrected chi connectivity index (χ0v) is 7.66. The minimum absolute atomic E-state index is 0.126. The van der Waals surface area contributed by atoms with Gasteiger partial charge >= 0.3 is 0 Å². The summed E-state index contributed by atoms with van der Waals surface area (Å²) in [5.41, 5.74) is 5.25. The third-order valence-electron chi connectivity index (χ3n) is 2.26. The van der Waals surface area contributed by atoms with Crippen LogP contribution in [0.5, 0.6) is 0 Å². The van der Waals surface area contributed by atoms with E-state index in [2.05, 4.69) is 12.2 Å². The van der Waals surface area contributed by atoms with E-state index in [9.17, 15) is 4.79 Å². The van der Waals surface area contributed by atoms with Gasteiger partial charge in [0.2, 0.25) is 5.91 Å². The molecule has 2 N–H and O–H groups in total. The van der Waals surface area contributed by atoms with Crippen molar-refractivity contribution >= 4 is 5.91 Å². The molecule has 0 aromatic rings. The molecule has 0 saturated carbocycles. The first-order valence-corrected chi connectivity index (χ1v) is 4.27. The van der Waals surface area contributed by atoms with Gasteiger partial charge in [-0.2, -0.15) is 0 Å². The lowest BCUT2D eigenvalue weighted by Gasteiger charge is -2.23. The zero-order chi connectivity index (χ0) is 9.14. The van der Waals surface area contributed by atoms with E-state index in [-0.39, 0.29) is 11.9 Å². The van der Waals surface area contributed by atoms with Crippen LogP contribution in [0.1, 0.15) is 13.3 Å². The first kappa shape index (κ1) is 9.48. The summed E-state index contributed by atoms with van der Waals surface area (Å²) in [5, 5.41) is 4.36. The molecule has 1 radical (unpaired) electrons. The predicted molar refractivity (Wildman–Crippen MR) is 46.7 cm³/mol. The van der Waals surface area contributed by atoms with Crippen LogP contribution >= 0.6 is 0 Å². The smallest absolute Gasteiger partial charge is 0.234 e. The molecule has 1 fully saturated rings. The standard InChI is InChI=1S/C8H16N3O/c1-6-5-11(2)7(8(9)12)3-4-10-6/h6-7H,3-5H2,1-2H3,(H2,9,12). The van der Waals surface area contributed by atoms with Gasteiger partial charge in [-0.3, -0.25) is 9.69 Å². The molecule has 1 aliphatic rings. The van der Waals surface area contributed by atoms with Crippen LogP contribution in [0.2, 0.25) is 0 Å². The largest absolute Gasteiger partial charge is 0.368 e. The fourth-order valence-corrected chi connectivity index (χ4v) is 1.60. The van der Waals surface area contributed by atoms with E-state index < -0.39 is 0 Å². The van der Waals surface area contributed by atoms with E-state index in [4.69, 9.17) is 5.73 Å². The minimum atomic E-state index is -0.234. The molecule has 2 unspecified atom stereocenters. The number of primary amides is 1. The Balaban J connectivity index is 2.57. The molecule has 1 heterocycles. The van der Waals surface area contributed by atoms with Gasteiger partial charge in [0.05, 0.1) is 6.04 Å². The Labute approximate surface area is 73.1 Å². The number of hydrogen-bond donors (Lipinski definition) is 1. The van der Waals surface area contributed by atoms with Crippen LogP contribution in [0.3, 0.4) is 0 Å². The van der Waals surface area contributed by atoms with Gasteiger partial charge in [-0.05, 0) is 20.4 Å². The summed E-state index contributed by atoms with van der Waals surface area (Å²) in [6.45, 7) is 3.63. The highest BCUT2D eigenvalue weighted by Crippen LogP contribution is 2.06. The average molecular weight is 170 g/mol. The molecule has 1 rings (SSSR count). The van der Waals surface area contributed by atoms with E-state index >= 15 is 0 Å². The molecule has 12 heavy (non-hydrogen) atoms.